The molecular formula is C29H37F3N2O6. The Morgan fingerprint density at radius 3 is 2.33 bits per heavy atom. The van der Waals surface area contributed by atoms with Gasteiger partial charge in [0.2, 0.25) is 5.91 Å². The third-order valence-corrected chi connectivity index (χ3v) is 9.04. The molecule has 0 saturated heterocycles. The van der Waals surface area contributed by atoms with Crippen molar-refractivity contribution in [2.45, 2.75) is 88.8 Å². The maximum atomic E-state index is 14.9. The van der Waals surface area contributed by atoms with Gasteiger partial charge in [-0.1, -0.05) is 0 Å². The predicted octanol–water partition coefficient (Wildman–Crippen LogP) is 4.39. The van der Waals surface area contributed by atoms with Gasteiger partial charge in [0, 0.05) is 31.0 Å². The van der Waals surface area contributed by atoms with Crippen LogP contribution in [-0.2, 0) is 14.3 Å². The Morgan fingerprint density at radius 2 is 1.68 bits per heavy atom. The lowest BCUT2D eigenvalue weighted by atomic mass is 9.82. The summed E-state index contributed by atoms with van der Waals surface area (Å²) in [6.07, 6.45) is 3.69. The fraction of sp³-hybridized carbons (Fsp3) is 0.690. The normalized spacial score (nSPS) is 30.7. The summed E-state index contributed by atoms with van der Waals surface area (Å²) in [6.45, 7) is 2.09. The van der Waals surface area contributed by atoms with Gasteiger partial charge in [0.1, 0.15) is 5.75 Å². The highest BCUT2D eigenvalue weighted by Gasteiger charge is 2.53. The molecule has 2 bridgehead atoms. The number of halogens is 3. The first-order valence-corrected chi connectivity index (χ1v) is 14.3. The lowest BCUT2D eigenvalue weighted by molar-refractivity contribution is -0.149. The number of ether oxygens (including phenoxy) is 3. The van der Waals surface area contributed by atoms with E-state index in [2.05, 4.69) is 10.6 Å². The minimum absolute atomic E-state index is 0.0363. The Kier molecular flexibility index (Phi) is 8.20. The van der Waals surface area contributed by atoms with E-state index in [4.69, 9.17) is 14.2 Å². The molecule has 220 valence electrons. The van der Waals surface area contributed by atoms with E-state index < -0.39 is 35.6 Å². The van der Waals surface area contributed by atoms with Crippen LogP contribution in [0, 0.1) is 29.5 Å². The first-order chi connectivity index (χ1) is 19.1. The summed E-state index contributed by atoms with van der Waals surface area (Å²) in [4.78, 5) is 38.6. The van der Waals surface area contributed by atoms with Crippen LogP contribution in [-0.4, -0.2) is 55.6 Å². The summed E-state index contributed by atoms with van der Waals surface area (Å²) in [5.41, 5.74) is 0.0830. The van der Waals surface area contributed by atoms with Crippen LogP contribution >= 0.6 is 0 Å². The zero-order valence-electron chi connectivity index (χ0n) is 22.9. The molecule has 0 radical (unpaired) electrons. The zero-order valence-corrected chi connectivity index (χ0v) is 22.9. The molecule has 4 fully saturated rings. The van der Waals surface area contributed by atoms with Crippen LogP contribution in [0.1, 0.15) is 75.1 Å². The van der Waals surface area contributed by atoms with Gasteiger partial charge in [0.25, 0.3) is 11.8 Å². The number of rotatable bonds is 9. The minimum Gasteiger partial charge on any atom is -0.496 e. The van der Waals surface area contributed by atoms with Crippen molar-refractivity contribution in [3.8, 4) is 11.5 Å². The van der Waals surface area contributed by atoms with Gasteiger partial charge in [-0.05, 0) is 69.8 Å². The van der Waals surface area contributed by atoms with E-state index in [1.807, 2.05) is 0 Å². The second-order valence-corrected chi connectivity index (χ2v) is 11.7. The quantitative estimate of drug-likeness (QED) is 0.430. The largest absolute Gasteiger partial charge is 0.496 e. The van der Waals surface area contributed by atoms with E-state index in [1.165, 1.54) is 13.2 Å². The highest BCUT2D eigenvalue weighted by Crippen LogP contribution is 2.49. The number of methoxy groups -OCH3 is 1. The van der Waals surface area contributed by atoms with Crippen molar-refractivity contribution in [3.05, 3.63) is 23.5 Å². The fourth-order valence-electron chi connectivity index (χ4n) is 6.99. The van der Waals surface area contributed by atoms with Crippen LogP contribution in [0.3, 0.4) is 0 Å². The van der Waals surface area contributed by atoms with Crippen LogP contribution in [0.4, 0.5) is 13.2 Å². The number of benzene rings is 1. The van der Waals surface area contributed by atoms with Crippen LogP contribution in [0.25, 0.3) is 0 Å². The standard InChI is InChI=1S/C29H37F3N2O6/c1-3-39-28(37)15-6-8-19(9-7-15)40-23-11-20(22(38-2)12-21(23)30)26(35)34-25-17-5-4-16(10-17)24(25)27(36)33-18-13-29(31,32)14-18/h11-12,15-19,24-25H,3-10,13-14H2,1-2H3,(H,33,36)(H,34,35)/t15-,16-,17+,19+,24+,25-/m1/s1. The highest BCUT2D eigenvalue weighted by atomic mass is 19.3. The van der Waals surface area contributed by atoms with E-state index >= 15 is 0 Å². The van der Waals surface area contributed by atoms with E-state index in [-0.39, 0.29) is 65.6 Å². The monoisotopic (exact) mass is 566 g/mol. The highest BCUT2D eigenvalue weighted by molar-refractivity contribution is 5.98. The molecule has 0 spiro atoms. The first kappa shape index (κ1) is 28.5. The molecule has 40 heavy (non-hydrogen) atoms. The smallest absolute Gasteiger partial charge is 0.308 e. The summed E-state index contributed by atoms with van der Waals surface area (Å²) >= 11 is 0. The topological polar surface area (TPSA) is 103 Å². The average Bonchev–Trinajstić information content (AvgIpc) is 3.51. The number of carbonyl (C=O) groups is 3. The van der Waals surface area contributed by atoms with Crippen LogP contribution in [0.15, 0.2) is 12.1 Å². The van der Waals surface area contributed by atoms with Gasteiger partial charge in [-0.2, -0.15) is 0 Å². The van der Waals surface area contributed by atoms with Crippen LogP contribution in [0.5, 0.6) is 11.5 Å². The van der Waals surface area contributed by atoms with Gasteiger partial charge in [0.05, 0.1) is 37.2 Å². The van der Waals surface area contributed by atoms with E-state index in [0.717, 1.165) is 25.3 Å². The minimum atomic E-state index is -2.74. The fourth-order valence-corrected chi connectivity index (χ4v) is 6.99. The summed E-state index contributed by atoms with van der Waals surface area (Å²) in [5, 5.41) is 5.73. The summed E-state index contributed by atoms with van der Waals surface area (Å²) in [5.74, 6) is -5.02. The van der Waals surface area contributed by atoms with Crippen molar-refractivity contribution in [2.24, 2.45) is 23.7 Å². The molecule has 4 aliphatic carbocycles. The van der Waals surface area contributed by atoms with E-state index in [0.29, 0.717) is 32.3 Å². The summed E-state index contributed by atoms with van der Waals surface area (Å²) in [7, 11) is 1.34. The second-order valence-electron chi connectivity index (χ2n) is 11.7. The Labute approximate surface area is 231 Å². The van der Waals surface area contributed by atoms with Gasteiger partial charge >= 0.3 is 5.97 Å². The molecule has 5 rings (SSSR count). The molecule has 8 nitrogen and oxygen atoms in total. The summed E-state index contributed by atoms with van der Waals surface area (Å²) < 4.78 is 57.8. The number of amides is 2. The average molecular weight is 567 g/mol. The molecular weight excluding hydrogens is 529 g/mol. The molecule has 4 aliphatic rings. The number of nitrogens with one attached hydrogen (secondary N) is 2. The number of fused-ring (bicyclic) bond motifs is 2. The lowest BCUT2D eigenvalue weighted by Gasteiger charge is -2.38. The van der Waals surface area contributed by atoms with Gasteiger partial charge in [-0.25, -0.2) is 13.2 Å². The molecule has 0 unspecified atom stereocenters. The van der Waals surface area contributed by atoms with Gasteiger partial charge in [0.15, 0.2) is 11.6 Å². The molecule has 1 aromatic carbocycles. The number of esters is 1. The summed E-state index contributed by atoms with van der Waals surface area (Å²) in [6, 6.07) is 1.42. The number of hydrogen-bond donors (Lipinski definition) is 2. The van der Waals surface area contributed by atoms with Crippen molar-refractivity contribution in [1.29, 1.82) is 0 Å². The Bertz CT molecular complexity index is 1130. The Balaban J connectivity index is 1.26. The van der Waals surface area contributed by atoms with Gasteiger partial charge in [-0.15, -0.1) is 0 Å². The molecule has 11 heteroatoms. The third kappa shape index (κ3) is 5.88. The van der Waals surface area contributed by atoms with Crippen molar-refractivity contribution >= 4 is 17.8 Å². The molecule has 4 saturated carbocycles. The van der Waals surface area contributed by atoms with Crippen molar-refractivity contribution in [2.75, 3.05) is 13.7 Å². The SMILES string of the molecule is CCOC(=O)[C@H]1CC[C@@H](Oc2cc(C(=O)N[C@@H]3[C@H]4CC[C@H](C4)[C@@H]3C(=O)NC3CC(F)(F)C3)c(OC)cc2F)CC1. The molecule has 0 aromatic heterocycles. The van der Waals surface area contributed by atoms with E-state index in [1.54, 1.807) is 6.92 Å². The molecule has 0 aliphatic heterocycles. The number of carbonyl (C=O) groups excluding carboxylic acids is 3. The molecule has 0 heterocycles. The van der Waals surface area contributed by atoms with Gasteiger partial charge in [-0.3, -0.25) is 14.4 Å². The van der Waals surface area contributed by atoms with Crippen molar-refractivity contribution in [3.63, 3.8) is 0 Å². The zero-order chi connectivity index (χ0) is 28.6. The maximum absolute atomic E-state index is 14.9. The van der Waals surface area contributed by atoms with E-state index in [9.17, 15) is 27.6 Å². The van der Waals surface area contributed by atoms with Gasteiger partial charge < -0.3 is 24.8 Å². The molecule has 2 amide bonds. The second kappa shape index (κ2) is 11.5. The lowest BCUT2D eigenvalue weighted by Crippen LogP contribution is -2.56. The van der Waals surface area contributed by atoms with Crippen molar-refractivity contribution < 1.29 is 41.8 Å². The maximum Gasteiger partial charge on any atom is 0.308 e. The Morgan fingerprint density at radius 1 is 0.975 bits per heavy atom. The van der Waals surface area contributed by atoms with Crippen LogP contribution < -0.4 is 20.1 Å². The Hall–Kier alpha value is -2.98. The van der Waals surface area contributed by atoms with Crippen LogP contribution in [0.2, 0.25) is 0 Å². The number of hydrogen-bond acceptors (Lipinski definition) is 6. The predicted molar refractivity (Wildman–Crippen MR) is 138 cm³/mol. The molecule has 2 N–H and O–H groups in total. The first-order valence-electron chi connectivity index (χ1n) is 14.3. The molecule has 4 atom stereocenters. The van der Waals surface area contributed by atoms with Crippen molar-refractivity contribution in [1.82, 2.24) is 10.6 Å². The molecule has 1 aromatic rings. The number of alkyl halides is 2. The third-order valence-electron chi connectivity index (χ3n) is 9.04.